The predicted octanol–water partition coefficient (Wildman–Crippen LogP) is 4.31. The van der Waals surface area contributed by atoms with Crippen molar-refractivity contribution in [3.05, 3.63) is 34.1 Å². The third kappa shape index (κ3) is 2.38. The number of halogens is 2. The SMILES string of the molecule is Brc1[c-]sc2ccccc12.[Zn+][Br]. The van der Waals surface area contributed by atoms with E-state index in [2.05, 4.69) is 47.1 Å². The Hall–Kier alpha value is 0.763. The summed E-state index contributed by atoms with van der Waals surface area (Å²) >= 11 is 9.31. The molecule has 0 saturated heterocycles. The minimum absolute atomic E-state index is 1.08. The van der Waals surface area contributed by atoms with Gasteiger partial charge in [0.2, 0.25) is 0 Å². The summed E-state index contributed by atoms with van der Waals surface area (Å²) < 4.78 is 2.36. The van der Waals surface area contributed by atoms with Gasteiger partial charge in [-0.1, -0.05) is 32.5 Å². The maximum absolute atomic E-state index is 3.42. The molecule has 0 saturated carbocycles. The van der Waals surface area contributed by atoms with Gasteiger partial charge in [-0.3, -0.25) is 11.3 Å². The van der Waals surface area contributed by atoms with Crippen LogP contribution in [0.1, 0.15) is 0 Å². The van der Waals surface area contributed by atoms with Crippen molar-refractivity contribution in [1.29, 1.82) is 0 Å². The second kappa shape index (κ2) is 5.48. The van der Waals surface area contributed by atoms with Crippen molar-refractivity contribution in [2.45, 2.75) is 0 Å². The summed E-state index contributed by atoms with van der Waals surface area (Å²) in [7, 11) is 0. The van der Waals surface area contributed by atoms with Crippen LogP contribution >= 0.6 is 40.9 Å². The third-order valence-electron chi connectivity index (χ3n) is 1.37. The molecule has 0 radical (unpaired) electrons. The quantitative estimate of drug-likeness (QED) is 0.487. The monoisotopic (exact) mass is 354 g/mol. The Bertz CT molecular complexity index is 359. The van der Waals surface area contributed by atoms with E-state index < -0.39 is 0 Å². The normalized spacial score (nSPS) is 9.33. The Balaban J connectivity index is 0.000000336. The van der Waals surface area contributed by atoms with Crippen LogP contribution in [0.5, 0.6) is 0 Å². The molecule has 12 heavy (non-hydrogen) atoms. The molecule has 0 aliphatic heterocycles. The van der Waals surface area contributed by atoms with Gasteiger partial charge in [-0.2, -0.15) is 0 Å². The van der Waals surface area contributed by atoms with Crippen LogP contribution in [0.2, 0.25) is 0 Å². The van der Waals surface area contributed by atoms with Crippen molar-refractivity contribution in [2.75, 3.05) is 0 Å². The van der Waals surface area contributed by atoms with E-state index in [9.17, 15) is 0 Å². The second-order valence-corrected chi connectivity index (χ2v) is 3.66. The fourth-order valence-corrected chi connectivity index (χ4v) is 2.35. The molecule has 4 heteroatoms. The fourth-order valence-electron chi connectivity index (χ4n) is 0.892. The predicted molar refractivity (Wildman–Crippen MR) is 57.3 cm³/mol. The molecule has 0 fully saturated rings. The Morgan fingerprint density at radius 3 is 2.58 bits per heavy atom. The van der Waals surface area contributed by atoms with E-state index in [0.717, 1.165) is 4.47 Å². The summed E-state index contributed by atoms with van der Waals surface area (Å²) in [5.74, 6) is 0. The molecule has 0 bridgehead atoms. The van der Waals surface area contributed by atoms with E-state index in [1.54, 1.807) is 11.3 Å². The molecule has 1 aromatic carbocycles. The van der Waals surface area contributed by atoms with Gasteiger partial charge in [-0.15, -0.1) is 27.6 Å². The molecule has 0 nitrogen and oxygen atoms in total. The van der Waals surface area contributed by atoms with Crippen LogP contribution < -0.4 is 0 Å². The zero-order valence-corrected chi connectivity index (χ0v) is 13.1. The molecule has 1 aromatic heterocycles. The van der Waals surface area contributed by atoms with E-state index in [1.165, 1.54) is 26.4 Å². The zero-order valence-electron chi connectivity index (χ0n) is 6.18. The first-order valence-corrected chi connectivity index (χ1v) is 11.8. The second-order valence-electron chi connectivity index (χ2n) is 2.01. The van der Waals surface area contributed by atoms with Crippen LogP contribution in [0.3, 0.4) is 0 Å². The molecular formula is C8H4Br2SZn. The molecule has 0 aliphatic rings. The standard InChI is InChI=1S/C8H4BrS.BrH.Zn/c9-7-5-10-8-4-2-1-3-6(7)8;;/h1-4H;1H;/q-1;;+2/p-1. The van der Waals surface area contributed by atoms with Gasteiger partial charge in [0.1, 0.15) is 0 Å². The van der Waals surface area contributed by atoms with Gasteiger partial charge < -0.3 is 0 Å². The first-order valence-electron chi connectivity index (χ1n) is 3.19. The molecule has 2 aromatic rings. The molecule has 58 valence electrons. The van der Waals surface area contributed by atoms with Gasteiger partial charge in [-0.05, 0) is 0 Å². The van der Waals surface area contributed by atoms with Crippen LogP contribution in [-0.2, 0) is 16.3 Å². The van der Waals surface area contributed by atoms with Gasteiger partial charge in [0.25, 0.3) is 0 Å². The van der Waals surface area contributed by atoms with Crippen molar-refractivity contribution in [2.24, 2.45) is 0 Å². The molecule has 0 N–H and O–H groups in total. The summed E-state index contributed by atoms with van der Waals surface area (Å²) in [6.45, 7) is 0. The van der Waals surface area contributed by atoms with E-state index in [4.69, 9.17) is 0 Å². The van der Waals surface area contributed by atoms with Crippen molar-refractivity contribution < 1.29 is 16.3 Å². The molecule has 0 spiro atoms. The number of benzene rings is 1. The van der Waals surface area contributed by atoms with E-state index >= 15 is 0 Å². The van der Waals surface area contributed by atoms with Crippen LogP contribution in [0.25, 0.3) is 10.1 Å². The van der Waals surface area contributed by atoms with Gasteiger partial charge in [0.05, 0.1) is 0 Å². The number of hydrogen-bond acceptors (Lipinski definition) is 1. The third-order valence-corrected chi connectivity index (χ3v) is 3.14. The minimum atomic E-state index is 1.08. The van der Waals surface area contributed by atoms with E-state index in [-0.39, 0.29) is 0 Å². The summed E-state index contributed by atoms with van der Waals surface area (Å²) in [6.07, 6.45) is 0. The Morgan fingerprint density at radius 1 is 1.25 bits per heavy atom. The van der Waals surface area contributed by atoms with Crippen molar-refractivity contribution in [3.8, 4) is 0 Å². The fraction of sp³-hybridized carbons (Fsp3) is 0. The first-order chi connectivity index (χ1) is 5.88. The van der Waals surface area contributed by atoms with Crippen LogP contribution in [0.4, 0.5) is 0 Å². The number of hydrogen-bond donors (Lipinski definition) is 0. The van der Waals surface area contributed by atoms with Gasteiger partial charge in [0.15, 0.2) is 0 Å². The molecular weight excluding hydrogens is 353 g/mol. The average Bonchev–Trinajstić information content (AvgIpc) is 2.53. The maximum atomic E-state index is 3.42. The Morgan fingerprint density at radius 2 is 1.92 bits per heavy atom. The van der Waals surface area contributed by atoms with Gasteiger partial charge in [-0.25, -0.2) is 0 Å². The van der Waals surface area contributed by atoms with E-state index in [1.807, 2.05) is 12.1 Å². The average molecular weight is 357 g/mol. The molecule has 0 unspecified atom stereocenters. The Labute approximate surface area is 101 Å². The van der Waals surface area contributed by atoms with Crippen LogP contribution in [-0.4, -0.2) is 0 Å². The summed E-state index contributed by atoms with van der Waals surface area (Å²) in [6, 6.07) is 8.26. The number of thiophene rings is 1. The summed E-state index contributed by atoms with van der Waals surface area (Å²) in [5, 5.41) is 4.39. The molecule has 1 heterocycles. The topological polar surface area (TPSA) is 0 Å². The number of fused-ring (bicyclic) bond motifs is 1. The summed E-state index contributed by atoms with van der Waals surface area (Å²) in [4.78, 5) is 0. The molecule has 0 amide bonds. The number of rotatable bonds is 0. The van der Waals surface area contributed by atoms with Gasteiger partial charge >= 0.3 is 30.0 Å². The van der Waals surface area contributed by atoms with Crippen LogP contribution in [0.15, 0.2) is 28.7 Å². The van der Waals surface area contributed by atoms with Crippen molar-refractivity contribution in [1.82, 2.24) is 0 Å². The summed E-state index contributed by atoms with van der Waals surface area (Å²) in [5.41, 5.74) is 0. The molecule has 2 rings (SSSR count). The van der Waals surface area contributed by atoms with Crippen LogP contribution in [0, 0.1) is 5.38 Å². The zero-order chi connectivity index (χ0) is 8.97. The van der Waals surface area contributed by atoms with Crippen molar-refractivity contribution in [3.63, 3.8) is 0 Å². The van der Waals surface area contributed by atoms with Crippen molar-refractivity contribution >= 4 is 51.0 Å². The van der Waals surface area contributed by atoms with E-state index in [0.29, 0.717) is 0 Å². The first kappa shape index (κ1) is 10.8. The van der Waals surface area contributed by atoms with Gasteiger partial charge in [0, 0.05) is 0 Å². The molecule has 0 aliphatic carbocycles. The Kier molecular flexibility index (Phi) is 4.96. The molecule has 0 atom stereocenters.